The third kappa shape index (κ3) is 4.91. The molecule has 1 rings (SSSR count). The van der Waals surface area contributed by atoms with Crippen LogP contribution < -0.4 is 5.32 Å². The maximum Gasteiger partial charge on any atom is 0.322 e. The average Bonchev–Trinajstić information content (AvgIpc) is 2.26. The molecule has 0 saturated carbocycles. The molecular weight excluding hydrogens is 238 g/mol. The van der Waals surface area contributed by atoms with Crippen molar-refractivity contribution in [2.75, 3.05) is 6.54 Å². The molecule has 1 aromatic carbocycles. The number of hydrogen-bond donors (Lipinski definition) is 2. The highest BCUT2D eigenvalue weighted by atomic mass is 32.2. The monoisotopic (exact) mass is 253 g/mol. The molecule has 0 unspecified atom stereocenters. The van der Waals surface area contributed by atoms with Gasteiger partial charge in [-0.2, -0.15) is 0 Å². The summed E-state index contributed by atoms with van der Waals surface area (Å²) in [6.45, 7) is 3.83. The van der Waals surface area contributed by atoms with Gasteiger partial charge in [-0.25, -0.2) is 0 Å². The number of rotatable bonds is 5. The van der Waals surface area contributed by atoms with E-state index in [2.05, 4.69) is 19.2 Å². The van der Waals surface area contributed by atoms with Gasteiger partial charge in [-0.1, -0.05) is 13.8 Å². The van der Waals surface area contributed by atoms with Crippen LogP contribution in [0, 0.1) is 0 Å². The number of carbonyl (C=O) groups excluding carboxylic acids is 1. The molecule has 2 N–H and O–H groups in total. The van der Waals surface area contributed by atoms with E-state index in [4.69, 9.17) is 5.11 Å². The summed E-state index contributed by atoms with van der Waals surface area (Å²) in [5.74, 6) is -1.42. The number of carboxylic acids is 1. The molecule has 92 valence electrons. The van der Waals surface area contributed by atoms with Crippen molar-refractivity contribution in [2.24, 2.45) is 0 Å². The van der Waals surface area contributed by atoms with E-state index in [1.54, 1.807) is 23.9 Å². The molecule has 0 radical (unpaired) electrons. The molecule has 5 heteroatoms. The number of carboxylic acid groups (broad SMARTS) is 1. The van der Waals surface area contributed by atoms with Crippen LogP contribution in [0.2, 0.25) is 0 Å². The minimum Gasteiger partial charge on any atom is -0.480 e. The van der Waals surface area contributed by atoms with Crippen molar-refractivity contribution in [1.82, 2.24) is 5.32 Å². The highest BCUT2D eigenvalue weighted by molar-refractivity contribution is 7.99. The molecule has 0 aromatic heterocycles. The fourth-order valence-electron chi connectivity index (χ4n) is 1.21. The zero-order valence-electron chi connectivity index (χ0n) is 9.77. The molecule has 0 aliphatic heterocycles. The molecule has 0 bridgehead atoms. The SMILES string of the molecule is CC(C)Sc1ccc(C(=O)NCC(=O)O)cc1. The quantitative estimate of drug-likeness (QED) is 0.788. The van der Waals surface area contributed by atoms with Gasteiger partial charge in [0, 0.05) is 15.7 Å². The molecule has 0 fully saturated rings. The summed E-state index contributed by atoms with van der Waals surface area (Å²) in [5.41, 5.74) is 0.472. The van der Waals surface area contributed by atoms with E-state index in [1.165, 1.54) is 0 Å². The lowest BCUT2D eigenvalue weighted by Crippen LogP contribution is -2.29. The Morgan fingerprint density at radius 2 is 1.88 bits per heavy atom. The van der Waals surface area contributed by atoms with Crippen molar-refractivity contribution in [3.63, 3.8) is 0 Å². The van der Waals surface area contributed by atoms with E-state index in [9.17, 15) is 9.59 Å². The smallest absolute Gasteiger partial charge is 0.322 e. The second-order valence-corrected chi connectivity index (χ2v) is 5.42. The summed E-state index contributed by atoms with van der Waals surface area (Å²) in [5, 5.41) is 11.2. The zero-order valence-corrected chi connectivity index (χ0v) is 10.6. The predicted molar refractivity (Wildman–Crippen MR) is 67.4 cm³/mol. The number of thioether (sulfide) groups is 1. The van der Waals surface area contributed by atoms with E-state index in [1.807, 2.05) is 12.1 Å². The summed E-state index contributed by atoms with van der Waals surface area (Å²) in [6.07, 6.45) is 0. The number of aliphatic carboxylic acids is 1. The molecule has 0 aliphatic carbocycles. The third-order valence-corrected chi connectivity index (χ3v) is 2.90. The highest BCUT2D eigenvalue weighted by Gasteiger charge is 2.07. The summed E-state index contributed by atoms with van der Waals surface area (Å²) in [6, 6.07) is 7.12. The third-order valence-electron chi connectivity index (χ3n) is 1.89. The van der Waals surface area contributed by atoms with Crippen molar-refractivity contribution < 1.29 is 14.7 Å². The van der Waals surface area contributed by atoms with Crippen LogP contribution in [-0.4, -0.2) is 28.8 Å². The van der Waals surface area contributed by atoms with Gasteiger partial charge in [0.2, 0.25) is 0 Å². The van der Waals surface area contributed by atoms with Crippen LogP contribution in [0.4, 0.5) is 0 Å². The molecule has 17 heavy (non-hydrogen) atoms. The lowest BCUT2D eigenvalue weighted by Gasteiger charge is -2.06. The Balaban J connectivity index is 2.60. The van der Waals surface area contributed by atoms with Gasteiger partial charge >= 0.3 is 5.97 Å². The van der Waals surface area contributed by atoms with Crippen LogP contribution in [-0.2, 0) is 4.79 Å². The second-order valence-electron chi connectivity index (χ2n) is 3.77. The molecule has 0 heterocycles. The first-order valence-electron chi connectivity index (χ1n) is 5.25. The second kappa shape index (κ2) is 6.30. The van der Waals surface area contributed by atoms with Crippen molar-refractivity contribution in [2.45, 2.75) is 24.0 Å². The van der Waals surface area contributed by atoms with Crippen molar-refractivity contribution in [3.8, 4) is 0 Å². The minimum atomic E-state index is -1.05. The Hall–Kier alpha value is -1.49. The van der Waals surface area contributed by atoms with Crippen molar-refractivity contribution >= 4 is 23.6 Å². The van der Waals surface area contributed by atoms with Gasteiger partial charge in [0.15, 0.2) is 0 Å². The van der Waals surface area contributed by atoms with Crippen LogP contribution in [0.3, 0.4) is 0 Å². The Labute approximate surface area is 104 Å². The van der Waals surface area contributed by atoms with Crippen LogP contribution in [0.5, 0.6) is 0 Å². The van der Waals surface area contributed by atoms with Crippen LogP contribution in [0.1, 0.15) is 24.2 Å². The summed E-state index contributed by atoms with van der Waals surface area (Å²) >= 11 is 1.71. The van der Waals surface area contributed by atoms with Crippen molar-refractivity contribution in [1.29, 1.82) is 0 Å². The lowest BCUT2D eigenvalue weighted by molar-refractivity contribution is -0.135. The number of benzene rings is 1. The molecule has 0 spiro atoms. The van der Waals surface area contributed by atoms with Gasteiger partial charge in [0.25, 0.3) is 5.91 Å². The first-order valence-corrected chi connectivity index (χ1v) is 6.13. The van der Waals surface area contributed by atoms with E-state index < -0.39 is 5.97 Å². The number of nitrogens with one attached hydrogen (secondary N) is 1. The maximum absolute atomic E-state index is 11.5. The number of amides is 1. The summed E-state index contributed by atoms with van der Waals surface area (Å²) in [4.78, 5) is 22.9. The van der Waals surface area contributed by atoms with Crippen molar-refractivity contribution in [3.05, 3.63) is 29.8 Å². The lowest BCUT2D eigenvalue weighted by atomic mass is 10.2. The summed E-state index contributed by atoms with van der Waals surface area (Å²) in [7, 11) is 0. The van der Waals surface area contributed by atoms with E-state index >= 15 is 0 Å². The predicted octanol–water partition coefficient (Wildman–Crippen LogP) is 2.00. The van der Waals surface area contributed by atoms with Gasteiger partial charge in [0.05, 0.1) is 0 Å². The zero-order chi connectivity index (χ0) is 12.8. The Morgan fingerprint density at radius 3 is 2.35 bits per heavy atom. The fourth-order valence-corrected chi connectivity index (χ4v) is 2.05. The standard InChI is InChI=1S/C12H15NO3S/c1-8(2)17-10-5-3-9(4-6-10)12(16)13-7-11(14)15/h3-6,8H,7H2,1-2H3,(H,13,16)(H,14,15). The highest BCUT2D eigenvalue weighted by Crippen LogP contribution is 2.22. The molecular formula is C12H15NO3S. The van der Waals surface area contributed by atoms with Crippen LogP contribution >= 0.6 is 11.8 Å². The molecule has 1 aromatic rings. The molecule has 1 amide bonds. The van der Waals surface area contributed by atoms with E-state index in [0.29, 0.717) is 10.8 Å². The summed E-state index contributed by atoms with van der Waals surface area (Å²) < 4.78 is 0. The topological polar surface area (TPSA) is 66.4 Å². The largest absolute Gasteiger partial charge is 0.480 e. The van der Waals surface area contributed by atoms with Gasteiger partial charge in [0.1, 0.15) is 6.54 Å². The van der Waals surface area contributed by atoms with Gasteiger partial charge < -0.3 is 10.4 Å². The number of hydrogen-bond acceptors (Lipinski definition) is 3. The minimum absolute atomic E-state index is 0.360. The first-order chi connectivity index (χ1) is 7.99. The Kier molecular flexibility index (Phi) is 5.03. The Morgan fingerprint density at radius 1 is 1.29 bits per heavy atom. The Bertz CT molecular complexity index is 401. The fraction of sp³-hybridized carbons (Fsp3) is 0.333. The normalized spacial score (nSPS) is 10.3. The molecule has 4 nitrogen and oxygen atoms in total. The maximum atomic E-state index is 11.5. The average molecular weight is 253 g/mol. The van der Waals surface area contributed by atoms with Crippen LogP contribution in [0.15, 0.2) is 29.2 Å². The van der Waals surface area contributed by atoms with Gasteiger partial charge in [-0.05, 0) is 24.3 Å². The van der Waals surface area contributed by atoms with E-state index in [0.717, 1.165) is 4.90 Å². The van der Waals surface area contributed by atoms with Gasteiger partial charge in [-0.15, -0.1) is 11.8 Å². The molecule has 0 atom stereocenters. The van der Waals surface area contributed by atoms with Gasteiger partial charge in [-0.3, -0.25) is 9.59 Å². The molecule has 0 aliphatic rings. The molecule has 0 saturated heterocycles. The van der Waals surface area contributed by atoms with Crippen LogP contribution in [0.25, 0.3) is 0 Å². The number of carbonyl (C=O) groups is 2. The van der Waals surface area contributed by atoms with E-state index in [-0.39, 0.29) is 12.5 Å². The first kappa shape index (κ1) is 13.6.